The van der Waals surface area contributed by atoms with Crippen molar-refractivity contribution in [2.45, 2.75) is 20.4 Å². The lowest BCUT2D eigenvalue weighted by atomic mass is 10.2. The topological polar surface area (TPSA) is 63.0 Å². The van der Waals surface area contributed by atoms with Gasteiger partial charge in [-0.1, -0.05) is 46.5 Å². The third-order valence-electron chi connectivity index (χ3n) is 2.47. The van der Waals surface area contributed by atoms with Gasteiger partial charge in [-0.25, -0.2) is 0 Å². The number of nitrogens with one attached hydrogen (secondary N) is 2. The average Bonchev–Trinajstić information content (AvgIpc) is 2.81. The smallest absolute Gasteiger partial charge is 0.320 e. The Morgan fingerprint density at radius 2 is 2.15 bits per heavy atom. The number of rotatable bonds is 6. The summed E-state index contributed by atoms with van der Waals surface area (Å²) in [4.78, 5) is 0. The van der Waals surface area contributed by atoms with Crippen LogP contribution in [-0.4, -0.2) is 16.7 Å². The van der Waals surface area contributed by atoms with Crippen molar-refractivity contribution < 1.29 is 4.42 Å². The third-order valence-corrected chi connectivity index (χ3v) is 3.29. The van der Waals surface area contributed by atoms with Crippen LogP contribution in [0.3, 0.4) is 0 Å². The molecule has 0 radical (unpaired) electrons. The van der Waals surface area contributed by atoms with E-state index in [4.69, 9.17) is 16.0 Å². The standard InChI is InChI=1S/C13H16BrClN4O/c1-8(2)6-16-7-12-18-19-13(20-12)17-11-5-9(14)3-4-10(11)15/h3-5,8,16H,6-7H2,1-2H3,(H,17,19). The zero-order chi connectivity index (χ0) is 14.5. The highest BCUT2D eigenvalue weighted by Gasteiger charge is 2.08. The number of anilines is 2. The van der Waals surface area contributed by atoms with Crippen molar-refractivity contribution in [1.82, 2.24) is 15.5 Å². The molecule has 1 aromatic carbocycles. The second-order valence-electron chi connectivity index (χ2n) is 4.77. The monoisotopic (exact) mass is 358 g/mol. The van der Waals surface area contributed by atoms with Gasteiger partial charge in [0.05, 0.1) is 17.3 Å². The molecule has 1 aromatic heterocycles. The molecule has 0 fully saturated rings. The molecule has 0 amide bonds. The average molecular weight is 360 g/mol. The number of hydrogen-bond acceptors (Lipinski definition) is 5. The summed E-state index contributed by atoms with van der Waals surface area (Å²) in [6.45, 7) is 5.74. The van der Waals surface area contributed by atoms with Crippen LogP contribution < -0.4 is 10.6 Å². The van der Waals surface area contributed by atoms with Crippen molar-refractivity contribution >= 4 is 39.2 Å². The molecule has 1 heterocycles. The molecular formula is C13H16BrClN4O. The Labute approximate surface area is 131 Å². The molecule has 0 aliphatic rings. The van der Waals surface area contributed by atoms with E-state index in [1.165, 1.54) is 0 Å². The van der Waals surface area contributed by atoms with Crippen LogP contribution in [0.1, 0.15) is 19.7 Å². The van der Waals surface area contributed by atoms with E-state index in [1.54, 1.807) is 6.07 Å². The van der Waals surface area contributed by atoms with Gasteiger partial charge in [0.25, 0.3) is 0 Å². The van der Waals surface area contributed by atoms with E-state index < -0.39 is 0 Å². The maximum atomic E-state index is 6.09. The summed E-state index contributed by atoms with van der Waals surface area (Å²) in [6.07, 6.45) is 0. The van der Waals surface area contributed by atoms with Crippen LogP contribution in [0.2, 0.25) is 5.02 Å². The molecule has 0 aliphatic heterocycles. The van der Waals surface area contributed by atoms with Gasteiger partial charge in [0.1, 0.15) is 0 Å². The zero-order valence-electron chi connectivity index (χ0n) is 11.3. The molecule has 0 saturated carbocycles. The molecular weight excluding hydrogens is 344 g/mol. The number of aromatic nitrogens is 2. The first-order valence-corrected chi connectivity index (χ1v) is 7.47. The number of nitrogens with zero attached hydrogens (tertiary/aromatic N) is 2. The molecule has 7 heteroatoms. The van der Waals surface area contributed by atoms with E-state index in [0.717, 1.165) is 11.0 Å². The first-order valence-electron chi connectivity index (χ1n) is 6.30. The summed E-state index contributed by atoms with van der Waals surface area (Å²) in [6, 6.07) is 5.83. The Morgan fingerprint density at radius 3 is 2.90 bits per heavy atom. The minimum absolute atomic E-state index is 0.325. The fourth-order valence-electron chi connectivity index (χ4n) is 1.55. The van der Waals surface area contributed by atoms with E-state index in [9.17, 15) is 0 Å². The van der Waals surface area contributed by atoms with E-state index in [2.05, 4.69) is 50.6 Å². The van der Waals surface area contributed by atoms with Crippen molar-refractivity contribution in [3.63, 3.8) is 0 Å². The summed E-state index contributed by atoms with van der Waals surface area (Å²) in [5.74, 6) is 1.12. The van der Waals surface area contributed by atoms with Crippen LogP contribution in [0.25, 0.3) is 0 Å². The fraction of sp³-hybridized carbons (Fsp3) is 0.385. The quantitative estimate of drug-likeness (QED) is 0.817. The molecule has 2 aromatic rings. The maximum Gasteiger partial charge on any atom is 0.320 e. The molecule has 0 aliphatic carbocycles. The Balaban J connectivity index is 1.97. The summed E-state index contributed by atoms with van der Waals surface area (Å²) in [5.41, 5.74) is 0.714. The van der Waals surface area contributed by atoms with Crippen LogP contribution in [0, 0.1) is 5.92 Å². The van der Waals surface area contributed by atoms with Crippen LogP contribution in [0.15, 0.2) is 27.1 Å². The zero-order valence-corrected chi connectivity index (χ0v) is 13.6. The summed E-state index contributed by atoms with van der Waals surface area (Å²) in [5, 5.41) is 14.7. The highest BCUT2D eigenvalue weighted by molar-refractivity contribution is 9.10. The minimum Gasteiger partial charge on any atom is -0.406 e. The minimum atomic E-state index is 0.325. The lowest BCUT2D eigenvalue weighted by Gasteiger charge is -2.05. The Kier molecular flexibility index (Phi) is 5.39. The summed E-state index contributed by atoms with van der Waals surface area (Å²) >= 11 is 9.47. The van der Waals surface area contributed by atoms with Gasteiger partial charge in [-0.3, -0.25) is 0 Å². The van der Waals surface area contributed by atoms with Gasteiger partial charge >= 0.3 is 6.01 Å². The summed E-state index contributed by atoms with van der Waals surface area (Å²) in [7, 11) is 0. The maximum absolute atomic E-state index is 6.09. The lowest BCUT2D eigenvalue weighted by molar-refractivity contribution is 0.460. The lowest BCUT2D eigenvalue weighted by Crippen LogP contribution is -2.19. The number of hydrogen-bond donors (Lipinski definition) is 2. The van der Waals surface area contributed by atoms with Crippen molar-refractivity contribution in [2.75, 3.05) is 11.9 Å². The first kappa shape index (κ1) is 15.3. The Bertz CT molecular complexity index is 573. The van der Waals surface area contributed by atoms with E-state index >= 15 is 0 Å². The van der Waals surface area contributed by atoms with Gasteiger partial charge in [-0.15, -0.1) is 5.10 Å². The molecule has 20 heavy (non-hydrogen) atoms. The van der Waals surface area contributed by atoms with Gasteiger partial charge in [-0.2, -0.15) is 0 Å². The fourth-order valence-corrected chi connectivity index (χ4v) is 2.08. The normalized spacial score (nSPS) is 11.1. The molecule has 0 unspecified atom stereocenters. The molecule has 0 spiro atoms. The van der Waals surface area contributed by atoms with Gasteiger partial charge < -0.3 is 15.1 Å². The second-order valence-corrected chi connectivity index (χ2v) is 6.10. The molecule has 0 bridgehead atoms. The second kappa shape index (κ2) is 7.06. The Hall–Kier alpha value is -1.11. The number of halogens is 2. The SMILES string of the molecule is CC(C)CNCc1nnc(Nc2cc(Br)ccc2Cl)o1. The van der Waals surface area contributed by atoms with E-state index in [-0.39, 0.29) is 0 Å². The van der Waals surface area contributed by atoms with Crippen LogP contribution in [0.4, 0.5) is 11.7 Å². The van der Waals surface area contributed by atoms with Crippen LogP contribution >= 0.6 is 27.5 Å². The van der Waals surface area contributed by atoms with Crippen molar-refractivity contribution in [1.29, 1.82) is 0 Å². The first-order chi connectivity index (χ1) is 9.54. The van der Waals surface area contributed by atoms with Crippen LogP contribution in [-0.2, 0) is 6.54 Å². The molecule has 0 saturated heterocycles. The van der Waals surface area contributed by atoms with Gasteiger partial charge in [0, 0.05) is 4.47 Å². The molecule has 2 N–H and O–H groups in total. The summed E-state index contributed by atoms with van der Waals surface area (Å²) < 4.78 is 6.41. The van der Waals surface area contributed by atoms with Crippen LogP contribution in [0.5, 0.6) is 0 Å². The molecule has 2 rings (SSSR count). The van der Waals surface area contributed by atoms with Gasteiger partial charge in [-0.05, 0) is 30.7 Å². The highest BCUT2D eigenvalue weighted by Crippen LogP contribution is 2.28. The third kappa shape index (κ3) is 4.47. The Morgan fingerprint density at radius 1 is 1.35 bits per heavy atom. The molecule has 5 nitrogen and oxygen atoms in total. The molecule has 108 valence electrons. The molecule has 0 atom stereocenters. The van der Waals surface area contributed by atoms with Crippen molar-refractivity contribution in [2.24, 2.45) is 5.92 Å². The predicted molar refractivity (Wildman–Crippen MR) is 83.3 cm³/mol. The van der Waals surface area contributed by atoms with E-state index in [1.807, 2.05) is 12.1 Å². The highest BCUT2D eigenvalue weighted by atomic mass is 79.9. The predicted octanol–water partition coefficient (Wildman–Crippen LogP) is 3.97. The van der Waals surface area contributed by atoms with Gasteiger partial charge in [0.15, 0.2) is 0 Å². The van der Waals surface area contributed by atoms with Crippen molar-refractivity contribution in [3.8, 4) is 0 Å². The largest absolute Gasteiger partial charge is 0.406 e. The van der Waals surface area contributed by atoms with E-state index in [0.29, 0.717) is 35.1 Å². The van der Waals surface area contributed by atoms with Gasteiger partial charge in [0.2, 0.25) is 5.89 Å². The van der Waals surface area contributed by atoms with Crippen molar-refractivity contribution in [3.05, 3.63) is 33.6 Å². The number of benzene rings is 1.